The number of rotatable bonds is 11. The van der Waals surface area contributed by atoms with Crippen LogP contribution in [-0.2, 0) is 0 Å². The SMILES string of the molecule is CCN(CCCCCCCN=Cc1ccccc1)c1ccccc1. The summed E-state index contributed by atoms with van der Waals surface area (Å²) in [5.41, 5.74) is 2.54. The summed E-state index contributed by atoms with van der Waals surface area (Å²) in [5, 5.41) is 0. The molecule has 0 aromatic heterocycles. The molecule has 0 N–H and O–H groups in total. The van der Waals surface area contributed by atoms with E-state index in [0.29, 0.717) is 0 Å². The number of benzene rings is 2. The van der Waals surface area contributed by atoms with Crippen LogP contribution in [0.3, 0.4) is 0 Å². The van der Waals surface area contributed by atoms with E-state index in [-0.39, 0.29) is 0 Å². The average Bonchev–Trinajstić information content (AvgIpc) is 2.65. The van der Waals surface area contributed by atoms with Crippen LogP contribution in [0.15, 0.2) is 65.7 Å². The van der Waals surface area contributed by atoms with E-state index >= 15 is 0 Å². The van der Waals surface area contributed by atoms with Crippen molar-refractivity contribution in [3.8, 4) is 0 Å². The van der Waals surface area contributed by atoms with E-state index in [4.69, 9.17) is 0 Å². The molecule has 0 fully saturated rings. The number of aliphatic imine (C=N–C) groups is 1. The molecule has 0 saturated heterocycles. The molecule has 2 nitrogen and oxygen atoms in total. The van der Waals surface area contributed by atoms with Gasteiger partial charge >= 0.3 is 0 Å². The molecular formula is C22H30N2. The molecule has 2 aromatic rings. The summed E-state index contributed by atoms with van der Waals surface area (Å²) < 4.78 is 0. The number of hydrogen-bond acceptors (Lipinski definition) is 2. The second kappa shape index (κ2) is 11.4. The molecule has 0 spiro atoms. The molecule has 24 heavy (non-hydrogen) atoms. The van der Waals surface area contributed by atoms with Gasteiger partial charge in [0.2, 0.25) is 0 Å². The molecule has 0 unspecified atom stereocenters. The Balaban J connectivity index is 1.51. The highest BCUT2D eigenvalue weighted by Gasteiger charge is 2.02. The topological polar surface area (TPSA) is 15.6 Å². The molecule has 0 heterocycles. The maximum atomic E-state index is 4.51. The highest BCUT2D eigenvalue weighted by Crippen LogP contribution is 2.14. The van der Waals surface area contributed by atoms with Gasteiger partial charge in [0.05, 0.1) is 0 Å². The molecule has 0 aliphatic rings. The Morgan fingerprint density at radius 2 is 1.42 bits per heavy atom. The minimum Gasteiger partial charge on any atom is -0.372 e. The fraction of sp³-hybridized carbons (Fsp3) is 0.409. The standard InChI is InChI=1S/C22H30N2/c1-2-24(22-16-10-7-11-17-22)19-13-5-3-4-12-18-23-20-21-14-8-6-9-15-21/h6-11,14-17,20H,2-5,12-13,18-19H2,1H3. The van der Waals surface area contributed by atoms with Gasteiger partial charge in [0.15, 0.2) is 0 Å². The summed E-state index contributed by atoms with van der Waals surface area (Å²) in [7, 11) is 0. The smallest absolute Gasteiger partial charge is 0.0389 e. The Labute approximate surface area is 147 Å². The van der Waals surface area contributed by atoms with Crippen molar-refractivity contribution in [2.24, 2.45) is 4.99 Å². The van der Waals surface area contributed by atoms with Crippen molar-refractivity contribution in [3.05, 3.63) is 66.2 Å². The van der Waals surface area contributed by atoms with Gasteiger partial charge in [-0.1, -0.05) is 67.8 Å². The first kappa shape index (κ1) is 18.3. The summed E-state index contributed by atoms with van der Waals surface area (Å²) >= 11 is 0. The molecule has 0 saturated carbocycles. The van der Waals surface area contributed by atoms with Crippen molar-refractivity contribution in [3.63, 3.8) is 0 Å². The molecule has 2 heteroatoms. The van der Waals surface area contributed by atoms with Gasteiger partial charge in [-0.05, 0) is 37.5 Å². The highest BCUT2D eigenvalue weighted by molar-refractivity contribution is 5.79. The van der Waals surface area contributed by atoms with E-state index in [1.807, 2.05) is 12.3 Å². The fourth-order valence-corrected chi connectivity index (χ4v) is 2.85. The van der Waals surface area contributed by atoms with Crippen molar-refractivity contribution in [1.29, 1.82) is 0 Å². The lowest BCUT2D eigenvalue weighted by atomic mass is 10.1. The Bertz CT molecular complexity index is 563. The monoisotopic (exact) mass is 322 g/mol. The Kier molecular flexibility index (Phi) is 8.70. The maximum Gasteiger partial charge on any atom is 0.0389 e. The molecule has 0 atom stereocenters. The van der Waals surface area contributed by atoms with Crippen LogP contribution in [0.25, 0.3) is 0 Å². The highest BCUT2D eigenvalue weighted by atomic mass is 15.1. The van der Waals surface area contributed by atoms with Crippen LogP contribution in [0.4, 0.5) is 5.69 Å². The van der Waals surface area contributed by atoms with Gasteiger partial charge in [0.1, 0.15) is 0 Å². The van der Waals surface area contributed by atoms with Crippen molar-refractivity contribution in [2.45, 2.75) is 39.0 Å². The quantitative estimate of drug-likeness (QED) is 0.389. The second-order valence-electron chi connectivity index (χ2n) is 6.13. The van der Waals surface area contributed by atoms with Gasteiger partial charge in [0.25, 0.3) is 0 Å². The zero-order valence-electron chi connectivity index (χ0n) is 14.9. The number of unbranched alkanes of at least 4 members (excludes halogenated alkanes) is 4. The van der Waals surface area contributed by atoms with E-state index in [9.17, 15) is 0 Å². The normalized spacial score (nSPS) is 11.0. The lowest BCUT2D eigenvalue weighted by molar-refractivity contribution is 0.611. The van der Waals surface area contributed by atoms with Gasteiger partial charge in [-0.2, -0.15) is 0 Å². The first-order chi connectivity index (χ1) is 11.9. The second-order valence-corrected chi connectivity index (χ2v) is 6.13. The molecule has 0 aliphatic carbocycles. The lowest BCUT2D eigenvalue weighted by Crippen LogP contribution is -2.23. The predicted octanol–water partition coefficient (Wildman–Crippen LogP) is 5.58. The van der Waals surface area contributed by atoms with Crippen LogP contribution >= 0.6 is 0 Å². The van der Waals surface area contributed by atoms with E-state index in [1.54, 1.807) is 0 Å². The van der Waals surface area contributed by atoms with Crippen molar-refractivity contribution < 1.29 is 0 Å². The Hall–Kier alpha value is -2.09. The van der Waals surface area contributed by atoms with Crippen LogP contribution in [0.2, 0.25) is 0 Å². The Morgan fingerprint density at radius 1 is 0.792 bits per heavy atom. The molecule has 0 bridgehead atoms. The van der Waals surface area contributed by atoms with Gasteiger partial charge < -0.3 is 4.90 Å². The average molecular weight is 322 g/mol. The van der Waals surface area contributed by atoms with Crippen LogP contribution in [-0.4, -0.2) is 25.8 Å². The minimum atomic E-state index is 0.944. The van der Waals surface area contributed by atoms with Gasteiger partial charge in [-0.3, -0.25) is 4.99 Å². The zero-order valence-corrected chi connectivity index (χ0v) is 14.9. The van der Waals surface area contributed by atoms with Crippen LogP contribution in [0, 0.1) is 0 Å². The first-order valence-corrected chi connectivity index (χ1v) is 9.25. The Morgan fingerprint density at radius 3 is 2.12 bits per heavy atom. The maximum absolute atomic E-state index is 4.51. The zero-order chi connectivity index (χ0) is 16.9. The predicted molar refractivity (Wildman–Crippen MR) is 106 cm³/mol. The molecule has 0 amide bonds. The van der Waals surface area contributed by atoms with E-state index < -0.39 is 0 Å². The van der Waals surface area contributed by atoms with Crippen LogP contribution in [0.1, 0.15) is 44.6 Å². The molecule has 128 valence electrons. The molecule has 0 aliphatic heterocycles. The van der Waals surface area contributed by atoms with Crippen molar-refractivity contribution in [2.75, 3.05) is 24.5 Å². The molecular weight excluding hydrogens is 292 g/mol. The van der Waals surface area contributed by atoms with E-state index in [1.165, 1.54) is 43.4 Å². The van der Waals surface area contributed by atoms with E-state index in [0.717, 1.165) is 19.6 Å². The number of nitrogens with zero attached hydrogens (tertiary/aromatic N) is 2. The van der Waals surface area contributed by atoms with E-state index in [2.05, 4.69) is 71.4 Å². The summed E-state index contributed by atoms with van der Waals surface area (Å²) in [5.74, 6) is 0. The third-order valence-corrected chi connectivity index (χ3v) is 4.26. The summed E-state index contributed by atoms with van der Waals surface area (Å²) in [6.07, 6.45) is 8.36. The molecule has 2 aromatic carbocycles. The fourth-order valence-electron chi connectivity index (χ4n) is 2.85. The minimum absolute atomic E-state index is 0.944. The number of hydrogen-bond donors (Lipinski definition) is 0. The molecule has 2 rings (SSSR count). The summed E-state index contributed by atoms with van der Waals surface area (Å²) in [4.78, 5) is 6.97. The van der Waals surface area contributed by atoms with Crippen molar-refractivity contribution in [1.82, 2.24) is 0 Å². The van der Waals surface area contributed by atoms with Gasteiger partial charge in [0, 0.05) is 31.5 Å². The summed E-state index contributed by atoms with van der Waals surface area (Å²) in [6, 6.07) is 21.1. The lowest BCUT2D eigenvalue weighted by Gasteiger charge is -2.23. The largest absolute Gasteiger partial charge is 0.372 e. The van der Waals surface area contributed by atoms with Gasteiger partial charge in [-0.25, -0.2) is 0 Å². The number of para-hydroxylation sites is 1. The third kappa shape index (κ3) is 6.99. The van der Waals surface area contributed by atoms with Crippen LogP contribution in [0.5, 0.6) is 0 Å². The van der Waals surface area contributed by atoms with Crippen molar-refractivity contribution >= 4 is 11.9 Å². The first-order valence-electron chi connectivity index (χ1n) is 9.25. The van der Waals surface area contributed by atoms with Crippen LogP contribution < -0.4 is 4.90 Å². The summed E-state index contributed by atoms with van der Waals surface area (Å²) in [6.45, 7) is 5.42. The third-order valence-electron chi connectivity index (χ3n) is 4.26. The molecule has 0 radical (unpaired) electrons. The number of anilines is 1. The van der Waals surface area contributed by atoms with Gasteiger partial charge in [-0.15, -0.1) is 0 Å².